The topological polar surface area (TPSA) is 57.3 Å². The van der Waals surface area contributed by atoms with Crippen molar-refractivity contribution in [1.29, 1.82) is 0 Å². The summed E-state index contributed by atoms with van der Waals surface area (Å²) in [4.78, 5) is 21.7. The van der Waals surface area contributed by atoms with E-state index in [0.717, 1.165) is 16.9 Å². The summed E-state index contributed by atoms with van der Waals surface area (Å²) >= 11 is 7.42. The number of pyridine rings is 1. The summed E-state index contributed by atoms with van der Waals surface area (Å²) in [6, 6.07) is 18.0. The third-order valence-corrected chi connectivity index (χ3v) is 6.59. The molecule has 5 nitrogen and oxygen atoms in total. The lowest BCUT2D eigenvalue weighted by atomic mass is 10.0. The van der Waals surface area contributed by atoms with Gasteiger partial charge in [-0.05, 0) is 62.5 Å². The Bertz CT molecular complexity index is 1030. The van der Waals surface area contributed by atoms with Crippen molar-refractivity contribution < 1.29 is 4.79 Å². The van der Waals surface area contributed by atoms with Crippen molar-refractivity contribution in [3.8, 4) is 0 Å². The summed E-state index contributed by atoms with van der Waals surface area (Å²) in [6.45, 7) is 4.66. The molecule has 2 aromatic heterocycles. The molecule has 1 saturated heterocycles. The van der Waals surface area contributed by atoms with Gasteiger partial charge in [0.25, 0.3) is 0 Å². The summed E-state index contributed by atoms with van der Waals surface area (Å²) in [5, 5.41) is 7.06. The maximum absolute atomic E-state index is 12.5. The highest BCUT2D eigenvalue weighted by Crippen LogP contribution is 2.41. The molecule has 3 aromatic rings. The van der Waals surface area contributed by atoms with Gasteiger partial charge in [0.05, 0.1) is 17.8 Å². The SMILES string of the molecule is Cc1ccc(NC(=O)CCN2C(=S)N[C@@H](c3ccccn3)[C@H]2c2ccc(C)s2)cc1. The average Bonchev–Trinajstić information content (AvgIpc) is 3.31. The summed E-state index contributed by atoms with van der Waals surface area (Å²) in [5.41, 5.74) is 2.92. The molecular formula is C23H24N4OS2. The van der Waals surface area contributed by atoms with Crippen LogP contribution in [0, 0.1) is 13.8 Å². The molecule has 3 heterocycles. The van der Waals surface area contributed by atoms with Crippen molar-refractivity contribution in [2.45, 2.75) is 32.4 Å². The minimum Gasteiger partial charge on any atom is -0.352 e. The number of anilines is 1. The Hall–Kier alpha value is -2.77. The van der Waals surface area contributed by atoms with Crippen LogP contribution in [0.4, 0.5) is 5.69 Å². The van der Waals surface area contributed by atoms with Gasteiger partial charge in [0.1, 0.15) is 0 Å². The van der Waals surface area contributed by atoms with Gasteiger partial charge in [-0.3, -0.25) is 9.78 Å². The molecule has 0 bridgehead atoms. The molecule has 30 heavy (non-hydrogen) atoms. The molecule has 1 fully saturated rings. The van der Waals surface area contributed by atoms with E-state index < -0.39 is 0 Å². The number of aromatic nitrogens is 1. The van der Waals surface area contributed by atoms with E-state index in [2.05, 4.69) is 39.6 Å². The molecule has 0 radical (unpaired) electrons. The summed E-state index contributed by atoms with van der Waals surface area (Å²) in [7, 11) is 0. The number of carbonyl (C=O) groups is 1. The first-order valence-corrected chi connectivity index (χ1v) is 11.1. The number of thiocarbonyl (C=S) groups is 1. The standard InChI is InChI=1S/C23H24N4OS2/c1-15-6-9-17(10-7-15)25-20(28)12-14-27-22(19-11-8-16(2)30-19)21(26-23(27)29)18-5-3-4-13-24-18/h3-11,13,21-22H,12,14H2,1-2H3,(H,25,28)(H,26,29)/t21-,22+/m0/s1. The number of thiophene rings is 1. The maximum atomic E-state index is 12.5. The van der Waals surface area contributed by atoms with E-state index in [-0.39, 0.29) is 18.0 Å². The van der Waals surface area contributed by atoms with Crippen molar-refractivity contribution >= 4 is 40.3 Å². The number of carbonyl (C=O) groups excluding carboxylic acids is 1. The van der Waals surface area contributed by atoms with Crippen molar-refractivity contribution in [2.24, 2.45) is 0 Å². The second kappa shape index (κ2) is 8.93. The Balaban J connectivity index is 1.51. The first-order valence-electron chi connectivity index (χ1n) is 9.92. The lowest BCUT2D eigenvalue weighted by molar-refractivity contribution is -0.116. The minimum absolute atomic E-state index is 0.0123. The largest absolute Gasteiger partial charge is 0.352 e. The van der Waals surface area contributed by atoms with E-state index in [4.69, 9.17) is 12.2 Å². The third kappa shape index (κ3) is 4.52. The molecule has 2 atom stereocenters. The summed E-state index contributed by atoms with van der Waals surface area (Å²) < 4.78 is 0. The Morgan fingerprint density at radius 3 is 2.63 bits per heavy atom. The Morgan fingerprint density at radius 2 is 1.97 bits per heavy atom. The molecule has 0 spiro atoms. The van der Waals surface area contributed by atoms with Crippen LogP contribution in [0.3, 0.4) is 0 Å². The van der Waals surface area contributed by atoms with Crippen molar-refractivity contribution in [1.82, 2.24) is 15.2 Å². The fourth-order valence-corrected chi connectivity index (χ4v) is 5.01. The van der Waals surface area contributed by atoms with Crippen LogP contribution in [-0.4, -0.2) is 27.4 Å². The second-order valence-corrected chi connectivity index (χ2v) is 9.14. The molecule has 1 aromatic carbocycles. The first-order chi connectivity index (χ1) is 14.5. The predicted molar refractivity (Wildman–Crippen MR) is 126 cm³/mol. The van der Waals surface area contributed by atoms with Crippen LogP contribution in [0.5, 0.6) is 0 Å². The van der Waals surface area contributed by atoms with E-state index in [0.29, 0.717) is 18.1 Å². The Morgan fingerprint density at radius 1 is 1.17 bits per heavy atom. The van der Waals surface area contributed by atoms with Crippen LogP contribution < -0.4 is 10.6 Å². The number of benzene rings is 1. The number of hydrogen-bond donors (Lipinski definition) is 2. The number of aryl methyl sites for hydroxylation is 2. The lowest BCUT2D eigenvalue weighted by Gasteiger charge is -2.26. The molecule has 2 N–H and O–H groups in total. The van der Waals surface area contributed by atoms with Crippen LogP contribution in [0.2, 0.25) is 0 Å². The van der Waals surface area contributed by atoms with Gasteiger partial charge in [-0.15, -0.1) is 11.3 Å². The van der Waals surface area contributed by atoms with E-state index in [1.165, 1.54) is 9.75 Å². The second-order valence-electron chi connectivity index (χ2n) is 7.43. The van der Waals surface area contributed by atoms with E-state index >= 15 is 0 Å². The predicted octanol–water partition coefficient (Wildman–Crippen LogP) is 4.76. The maximum Gasteiger partial charge on any atom is 0.226 e. The number of hydrogen-bond acceptors (Lipinski definition) is 4. The van der Waals surface area contributed by atoms with E-state index in [1.54, 1.807) is 17.5 Å². The molecule has 0 saturated carbocycles. The van der Waals surface area contributed by atoms with Crippen molar-refractivity contribution in [3.63, 3.8) is 0 Å². The molecule has 4 rings (SSSR count). The number of nitrogens with zero attached hydrogens (tertiary/aromatic N) is 2. The van der Waals surface area contributed by atoms with Crippen molar-refractivity contribution in [3.05, 3.63) is 81.8 Å². The molecule has 0 aliphatic carbocycles. The lowest BCUT2D eigenvalue weighted by Crippen LogP contribution is -2.32. The van der Waals surface area contributed by atoms with Crippen LogP contribution in [0.25, 0.3) is 0 Å². The first kappa shape index (κ1) is 20.5. The molecule has 154 valence electrons. The molecule has 0 unspecified atom stereocenters. The number of amides is 1. The quantitative estimate of drug-likeness (QED) is 0.546. The smallest absolute Gasteiger partial charge is 0.226 e. The molecular weight excluding hydrogens is 412 g/mol. The van der Waals surface area contributed by atoms with Gasteiger partial charge in [-0.2, -0.15) is 0 Å². The van der Waals surface area contributed by atoms with Gasteiger partial charge in [0.2, 0.25) is 5.91 Å². The summed E-state index contributed by atoms with van der Waals surface area (Å²) in [5.74, 6) is -0.0240. The highest BCUT2D eigenvalue weighted by molar-refractivity contribution is 7.80. The van der Waals surface area contributed by atoms with Gasteiger partial charge in [0.15, 0.2) is 5.11 Å². The van der Waals surface area contributed by atoms with Crippen LogP contribution >= 0.6 is 23.6 Å². The van der Waals surface area contributed by atoms with Gasteiger partial charge >= 0.3 is 0 Å². The monoisotopic (exact) mass is 436 g/mol. The molecule has 1 amide bonds. The molecule has 7 heteroatoms. The normalized spacial score (nSPS) is 18.3. The minimum atomic E-state index is -0.0445. The Labute approximate surface area is 186 Å². The van der Waals surface area contributed by atoms with Gasteiger partial charge < -0.3 is 15.5 Å². The molecule has 1 aliphatic rings. The Kier molecular flexibility index (Phi) is 6.11. The van der Waals surface area contributed by atoms with E-state index in [9.17, 15) is 4.79 Å². The van der Waals surface area contributed by atoms with Gasteiger partial charge in [-0.1, -0.05) is 23.8 Å². The van der Waals surface area contributed by atoms with Crippen LogP contribution in [-0.2, 0) is 4.79 Å². The number of rotatable bonds is 6. The zero-order valence-electron chi connectivity index (χ0n) is 17.0. The van der Waals surface area contributed by atoms with Crippen LogP contribution in [0.1, 0.15) is 39.5 Å². The van der Waals surface area contributed by atoms with Crippen molar-refractivity contribution in [2.75, 3.05) is 11.9 Å². The van der Waals surface area contributed by atoms with Gasteiger partial charge in [-0.25, -0.2) is 0 Å². The summed E-state index contributed by atoms with van der Waals surface area (Å²) in [6.07, 6.45) is 2.15. The average molecular weight is 437 g/mol. The highest BCUT2D eigenvalue weighted by Gasteiger charge is 2.40. The highest BCUT2D eigenvalue weighted by atomic mass is 32.1. The van der Waals surface area contributed by atoms with Crippen LogP contribution in [0.15, 0.2) is 60.8 Å². The fraction of sp³-hybridized carbons (Fsp3) is 0.261. The fourth-order valence-electron chi connectivity index (χ4n) is 3.65. The van der Waals surface area contributed by atoms with E-state index in [1.807, 2.05) is 49.4 Å². The number of nitrogens with one attached hydrogen (secondary N) is 2. The molecule has 1 aliphatic heterocycles. The third-order valence-electron chi connectivity index (χ3n) is 5.17. The zero-order chi connectivity index (χ0) is 21.1. The zero-order valence-corrected chi connectivity index (χ0v) is 18.6. The van der Waals surface area contributed by atoms with Gasteiger partial charge in [0, 0.05) is 34.6 Å².